The summed E-state index contributed by atoms with van der Waals surface area (Å²) in [4.78, 5) is 32.1. The van der Waals surface area contributed by atoms with Crippen LogP contribution in [-0.2, 0) is 4.79 Å². The third kappa shape index (κ3) is 5.07. The van der Waals surface area contributed by atoms with Crippen LogP contribution in [0.2, 0.25) is 0 Å². The van der Waals surface area contributed by atoms with Gasteiger partial charge in [-0.3, -0.25) is 14.6 Å². The lowest BCUT2D eigenvalue weighted by molar-refractivity contribution is -0.115. The molecule has 1 heterocycles. The number of Topliss-reactive ketones (excluding diaryl/α,β-unsaturated/α-hetero) is 1. The van der Waals surface area contributed by atoms with E-state index in [-0.39, 0.29) is 17.7 Å². The zero-order chi connectivity index (χ0) is 16.0. The van der Waals surface area contributed by atoms with Crippen molar-refractivity contribution in [3.05, 3.63) is 40.5 Å². The van der Waals surface area contributed by atoms with Crippen LogP contribution in [0, 0.1) is 0 Å². The Morgan fingerprint density at radius 2 is 2.10 bits per heavy atom. The molecule has 112 valence electrons. The molecule has 21 heavy (non-hydrogen) atoms. The van der Waals surface area contributed by atoms with Crippen LogP contribution in [0.3, 0.4) is 0 Å². The first-order valence-corrected chi connectivity index (χ1v) is 7.28. The lowest BCUT2D eigenvalue weighted by Gasteiger charge is -2.11. The van der Waals surface area contributed by atoms with Crippen molar-refractivity contribution in [3.63, 3.8) is 0 Å². The van der Waals surface area contributed by atoms with Gasteiger partial charge in [0.25, 0.3) is 5.91 Å². The van der Waals surface area contributed by atoms with E-state index in [1.807, 2.05) is 20.8 Å². The minimum Gasteiger partial charge on any atom is -0.342 e. The Morgan fingerprint density at radius 3 is 2.57 bits per heavy atom. The summed E-state index contributed by atoms with van der Waals surface area (Å²) in [6, 6.07) is -0.295. The van der Waals surface area contributed by atoms with E-state index in [1.54, 1.807) is 6.08 Å². The van der Waals surface area contributed by atoms with Crippen molar-refractivity contribution in [1.82, 2.24) is 10.3 Å². The second-order valence-corrected chi connectivity index (χ2v) is 5.79. The van der Waals surface area contributed by atoms with E-state index in [4.69, 9.17) is 0 Å². The van der Waals surface area contributed by atoms with Crippen molar-refractivity contribution in [2.45, 2.75) is 33.7 Å². The molecule has 0 aliphatic rings. The van der Waals surface area contributed by atoms with Crippen LogP contribution in [0.4, 0.5) is 0 Å². The summed E-state index contributed by atoms with van der Waals surface area (Å²) in [6.07, 6.45) is 4.54. The standard InChI is InChI=1S/C15H19N3O2S/c1-6-16-12(7-9(2)3)14(20)18-10(4)15-17-8-13(21-15)11(5)19/h6-8,10H,1H2,2-5H3,(H,18,20). The topological polar surface area (TPSA) is 71.4 Å². The fourth-order valence-electron chi connectivity index (χ4n) is 1.52. The lowest BCUT2D eigenvalue weighted by Crippen LogP contribution is -2.32. The van der Waals surface area contributed by atoms with Crippen LogP contribution in [0.25, 0.3) is 0 Å². The number of ketones is 1. The normalized spacial score (nSPS) is 12.5. The Kier molecular flexibility index (Phi) is 6.17. The quantitative estimate of drug-likeness (QED) is 0.648. The monoisotopic (exact) mass is 305 g/mol. The molecule has 1 atom stereocenters. The second kappa shape index (κ2) is 7.64. The van der Waals surface area contributed by atoms with Gasteiger partial charge in [-0.05, 0) is 26.8 Å². The molecule has 1 N–H and O–H groups in total. The number of rotatable bonds is 6. The van der Waals surface area contributed by atoms with Crippen molar-refractivity contribution in [1.29, 1.82) is 0 Å². The third-order valence-electron chi connectivity index (χ3n) is 2.48. The average Bonchev–Trinajstić information content (AvgIpc) is 2.87. The molecule has 0 aromatic carbocycles. The highest BCUT2D eigenvalue weighted by atomic mass is 32.1. The number of carbonyl (C=O) groups excluding carboxylic acids is 2. The molecule has 6 heteroatoms. The molecule has 0 saturated heterocycles. The third-order valence-corrected chi connectivity index (χ3v) is 3.76. The van der Waals surface area contributed by atoms with E-state index in [0.717, 1.165) is 5.57 Å². The van der Waals surface area contributed by atoms with Crippen molar-refractivity contribution in [2.24, 2.45) is 4.99 Å². The first kappa shape index (κ1) is 17.0. The van der Waals surface area contributed by atoms with Gasteiger partial charge in [-0.15, -0.1) is 11.3 Å². The Morgan fingerprint density at radius 1 is 1.43 bits per heavy atom. The van der Waals surface area contributed by atoms with E-state index in [9.17, 15) is 9.59 Å². The predicted molar refractivity (Wildman–Crippen MR) is 85.7 cm³/mol. The maximum absolute atomic E-state index is 12.2. The van der Waals surface area contributed by atoms with Gasteiger partial charge in [0.2, 0.25) is 0 Å². The molecule has 5 nitrogen and oxygen atoms in total. The molecule has 0 spiro atoms. The van der Waals surface area contributed by atoms with Gasteiger partial charge in [0.15, 0.2) is 5.78 Å². The number of carbonyl (C=O) groups is 2. The second-order valence-electron chi connectivity index (χ2n) is 4.73. The van der Waals surface area contributed by atoms with E-state index in [0.29, 0.717) is 15.6 Å². The van der Waals surface area contributed by atoms with E-state index >= 15 is 0 Å². The number of hydrogen-bond donors (Lipinski definition) is 1. The van der Waals surface area contributed by atoms with Gasteiger partial charge in [0.05, 0.1) is 10.9 Å². The largest absolute Gasteiger partial charge is 0.342 e. The van der Waals surface area contributed by atoms with Crippen LogP contribution >= 0.6 is 11.3 Å². The molecule has 0 radical (unpaired) electrons. The maximum Gasteiger partial charge on any atom is 0.270 e. The zero-order valence-electron chi connectivity index (χ0n) is 12.6. The van der Waals surface area contributed by atoms with Gasteiger partial charge < -0.3 is 5.32 Å². The van der Waals surface area contributed by atoms with Gasteiger partial charge >= 0.3 is 0 Å². The molecular weight excluding hydrogens is 286 g/mol. The summed E-state index contributed by atoms with van der Waals surface area (Å²) in [7, 11) is 0. The van der Waals surface area contributed by atoms with Crippen molar-refractivity contribution >= 4 is 28.7 Å². The summed E-state index contributed by atoms with van der Waals surface area (Å²) in [5.74, 6) is -0.334. The Hall–Kier alpha value is -2.08. The molecule has 0 saturated carbocycles. The summed E-state index contributed by atoms with van der Waals surface area (Å²) < 4.78 is 0. The van der Waals surface area contributed by atoms with E-state index in [1.165, 1.54) is 30.7 Å². The van der Waals surface area contributed by atoms with Gasteiger partial charge in [-0.25, -0.2) is 4.98 Å². The molecule has 0 aliphatic heterocycles. The summed E-state index contributed by atoms with van der Waals surface area (Å²) in [5, 5.41) is 3.50. The minimum absolute atomic E-state index is 0.0317. The molecule has 1 amide bonds. The zero-order valence-corrected chi connectivity index (χ0v) is 13.5. The van der Waals surface area contributed by atoms with Gasteiger partial charge in [-0.1, -0.05) is 12.2 Å². The molecule has 1 rings (SSSR count). The van der Waals surface area contributed by atoms with Gasteiger partial charge in [0.1, 0.15) is 10.7 Å². The highest BCUT2D eigenvalue weighted by Crippen LogP contribution is 2.20. The first-order chi connectivity index (χ1) is 9.85. The van der Waals surface area contributed by atoms with Crippen LogP contribution in [0.15, 0.2) is 35.6 Å². The number of nitrogens with zero attached hydrogens (tertiary/aromatic N) is 2. The molecule has 1 unspecified atom stereocenters. The lowest BCUT2D eigenvalue weighted by atomic mass is 10.2. The summed E-state index contributed by atoms with van der Waals surface area (Å²) >= 11 is 1.28. The number of aromatic nitrogens is 1. The van der Waals surface area contributed by atoms with Gasteiger partial charge in [0, 0.05) is 19.3 Å². The van der Waals surface area contributed by atoms with E-state index in [2.05, 4.69) is 21.9 Å². The Bertz CT molecular complexity index is 610. The molecule has 1 aromatic rings. The molecule has 1 aromatic heterocycles. The Balaban J connectivity index is 2.85. The summed E-state index contributed by atoms with van der Waals surface area (Å²) in [5.41, 5.74) is 1.26. The highest BCUT2D eigenvalue weighted by molar-refractivity contribution is 7.13. The van der Waals surface area contributed by atoms with Crippen LogP contribution in [0.5, 0.6) is 0 Å². The molecule has 0 bridgehead atoms. The number of amides is 1. The van der Waals surface area contributed by atoms with Crippen molar-refractivity contribution in [3.8, 4) is 0 Å². The maximum atomic E-state index is 12.2. The van der Waals surface area contributed by atoms with Crippen LogP contribution in [-0.4, -0.2) is 22.4 Å². The first-order valence-electron chi connectivity index (χ1n) is 6.46. The SMILES string of the molecule is C=CN=C(C=C(C)C)C(=O)NC(C)c1ncc(C(C)=O)s1. The number of allylic oxidation sites excluding steroid dienone is 1. The highest BCUT2D eigenvalue weighted by Gasteiger charge is 2.17. The fourth-order valence-corrected chi connectivity index (χ4v) is 2.33. The molecule has 0 fully saturated rings. The van der Waals surface area contributed by atoms with Crippen molar-refractivity contribution < 1.29 is 9.59 Å². The predicted octanol–water partition coefficient (Wildman–Crippen LogP) is 3.07. The number of hydrogen-bond acceptors (Lipinski definition) is 5. The van der Waals surface area contributed by atoms with Crippen LogP contribution in [0.1, 0.15) is 48.4 Å². The minimum atomic E-state index is -0.303. The summed E-state index contributed by atoms with van der Waals surface area (Å²) in [6.45, 7) is 10.6. The Labute approximate surface area is 128 Å². The van der Waals surface area contributed by atoms with Crippen molar-refractivity contribution in [2.75, 3.05) is 0 Å². The van der Waals surface area contributed by atoms with Crippen LogP contribution < -0.4 is 5.32 Å². The number of thiazole rings is 1. The smallest absolute Gasteiger partial charge is 0.270 e. The van der Waals surface area contributed by atoms with E-state index < -0.39 is 0 Å². The van der Waals surface area contributed by atoms with Gasteiger partial charge in [-0.2, -0.15) is 0 Å². The average molecular weight is 305 g/mol. The number of aliphatic imine (C=N–C) groups is 1. The molecule has 0 aliphatic carbocycles. The fraction of sp³-hybridized carbons (Fsp3) is 0.333. The number of nitrogens with one attached hydrogen (secondary N) is 1. The molecular formula is C15H19N3O2S.